The molecule has 1 atom stereocenters. The second kappa shape index (κ2) is 6.73. The zero-order chi connectivity index (χ0) is 14.6. The number of carbonyl (C=O) groups is 1. The minimum absolute atomic E-state index is 0.0238. The van der Waals surface area contributed by atoms with Crippen LogP contribution in [0.2, 0.25) is 5.02 Å². The smallest absolute Gasteiger partial charge is 0.305 e. The lowest BCUT2D eigenvalue weighted by atomic mass is 9.86. The Morgan fingerprint density at radius 1 is 1.42 bits per heavy atom. The maximum Gasteiger partial charge on any atom is 0.305 e. The Hall–Kier alpha value is -0.580. The topological polar surface area (TPSA) is 40.5 Å². The van der Waals surface area contributed by atoms with Crippen LogP contribution in [0.25, 0.3) is 0 Å². The molecule has 0 aliphatic carbocycles. The summed E-state index contributed by atoms with van der Waals surface area (Å²) in [6, 6.07) is 5.60. The van der Waals surface area contributed by atoms with E-state index in [0.29, 0.717) is 5.02 Å². The van der Waals surface area contributed by atoms with E-state index in [0.717, 1.165) is 23.1 Å². The van der Waals surface area contributed by atoms with Gasteiger partial charge in [0.1, 0.15) is 0 Å². The third-order valence-electron chi connectivity index (χ3n) is 3.47. The van der Waals surface area contributed by atoms with E-state index in [9.17, 15) is 9.90 Å². The van der Waals surface area contributed by atoms with Gasteiger partial charge < -0.3 is 5.11 Å². The first-order chi connectivity index (χ1) is 8.85. The summed E-state index contributed by atoms with van der Waals surface area (Å²) in [7, 11) is 0. The van der Waals surface area contributed by atoms with Crippen molar-refractivity contribution in [2.75, 3.05) is 13.1 Å². The molecule has 1 aromatic rings. The Kier molecular flexibility index (Phi) is 5.83. The molecule has 0 aliphatic heterocycles. The minimum Gasteiger partial charge on any atom is -0.481 e. The molecule has 3 nitrogen and oxygen atoms in total. The third kappa shape index (κ3) is 3.71. The standard InChI is InChI=1S/C14H19BrClNO2/c1-4-17(5-2)14(3,9-13(18)19)11-7-6-10(15)8-12(11)16/h6-8H,4-5,9H2,1-3H3,(H,18,19). The number of hydrogen-bond acceptors (Lipinski definition) is 2. The number of aliphatic carboxylic acids is 1. The van der Waals surface area contributed by atoms with Gasteiger partial charge in [0, 0.05) is 9.50 Å². The van der Waals surface area contributed by atoms with E-state index in [1.54, 1.807) is 6.07 Å². The summed E-state index contributed by atoms with van der Waals surface area (Å²) >= 11 is 9.68. The van der Waals surface area contributed by atoms with Gasteiger partial charge in [-0.1, -0.05) is 47.4 Å². The van der Waals surface area contributed by atoms with Crippen LogP contribution in [0.15, 0.2) is 22.7 Å². The first-order valence-electron chi connectivity index (χ1n) is 6.27. The van der Waals surface area contributed by atoms with Crippen LogP contribution in [0.5, 0.6) is 0 Å². The Bertz CT molecular complexity index is 463. The molecule has 1 rings (SSSR count). The molecule has 0 bridgehead atoms. The van der Waals surface area contributed by atoms with Crippen molar-refractivity contribution < 1.29 is 9.90 Å². The summed E-state index contributed by atoms with van der Waals surface area (Å²) in [5, 5.41) is 9.80. The molecule has 1 aromatic carbocycles. The summed E-state index contributed by atoms with van der Waals surface area (Å²) in [5.74, 6) is -0.826. The monoisotopic (exact) mass is 347 g/mol. The molecule has 0 spiro atoms. The van der Waals surface area contributed by atoms with E-state index in [2.05, 4.69) is 20.8 Å². The molecule has 1 unspecified atom stereocenters. The van der Waals surface area contributed by atoms with Crippen LogP contribution in [-0.4, -0.2) is 29.1 Å². The normalized spacial score (nSPS) is 14.4. The summed E-state index contributed by atoms with van der Waals surface area (Å²) in [6.45, 7) is 7.52. The summed E-state index contributed by atoms with van der Waals surface area (Å²) in [4.78, 5) is 13.3. The van der Waals surface area contributed by atoms with Gasteiger partial charge in [-0.3, -0.25) is 9.69 Å². The fourth-order valence-corrected chi connectivity index (χ4v) is 3.40. The molecule has 0 fully saturated rings. The highest BCUT2D eigenvalue weighted by Crippen LogP contribution is 2.37. The molecule has 0 saturated heterocycles. The lowest BCUT2D eigenvalue weighted by Gasteiger charge is -2.40. The zero-order valence-corrected chi connectivity index (χ0v) is 13.8. The van der Waals surface area contributed by atoms with Crippen molar-refractivity contribution in [2.45, 2.75) is 32.7 Å². The number of nitrogens with zero attached hydrogens (tertiary/aromatic N) is 1. The Morgan fingerprint density at radius 2 is 2.00 bits per heavy atom. The number of carboxylic acid groups (broad SMARTS) is 1. The number of carboxylic acids is 1. The molecule has 0 radical (unpaired) electrons. The molecule has 1 N–H and O–H groups in total. The third-order valence-corrected chi connectivity index (χ3v) is 4.27. The molecular weight excluding hydrogens is 330 g/mol. The van der Waals surface area contributed by atoms with Crippen LogP contribution in [-0.2, 0) is 10.3 Å². The average Bonchev–Trinajstić information content (AvgIpc) is 2.28. The van der Waals surface area contributed by atoms with Gasteiger partial charge in [-0.25, -0.2) is 0 Å². The van der Waals surface area contributed by atoms with E-state index in [4.69, 9.17) is 11.6 Å². The predicted molar refractivity (Wildman–Crippen MR) is 81.7 cm³/mol. The van der Waals surface area contributed by atoms with Crippen molar-refractivity contribution in [3.05, 3.63) is 33.3 Å². The molecule has 0 amide bonds. The SMILES string of the molecule is CCN(CC)C(C)(CC(=O)O)c1ccc(Br)cc1Cl. The molecule has 0 aliphatic rings. The average molecular weight is 349 g/mol. The number of benzene rings is 1. The molecule has 0 heterocycles. The number of rotatable bonds is 6. The second-order valence-corrected chi connectivity index (χ2v) is 5.96. The van der Waals surface area contributed by atoms with Crippen LogP contribution in [0.4, 0.5) is 0 Å². The van der Waals surface area contributed by atoms with E-state index < -0.39 is 11.5 Å². The van der Waals surface area contributed by atoms with Crippen molar-refractivity contribution in [1.82, 2.24) is 4.90 Å². The summed E-state index contributed by atoms with van der Waals surface area (Å²) in [5.41, 5.74) is 0.246. The van der Waals surface area contributed by atoms with Crippen LogP contribution in [0.1, 0.15) is 32.8 Å². The van der Waals surface area contributed by atoms with E-state index in [-0.39, 0.29) is 6.42 Å². The molecule has 5 heteroatoms. The summed E-state index contributed by atoms with van der Waals surface area (Å²) in [6.07, 6.45) is 0.0238. The zero-order valence-electron chi connectivity index (χ0n) is 11.4. The first kappa shape index (κ1) is 16.5. The highest BCUT2D eigenvalue weighted by molar-refractivity contribution is 9.10. The van der Waals surface area contributed by atoms with Crippen molar-refractivity contribution >= 4 is 33.5 Å². The van der Waals surface area contributed by atoms with Gasteiger partial charge in [0.25, 0.3) is 0 Å². The van der Waals surface area contributed by atoms with E-state index in [1.807, 2.05) is 32.9 Å². The van der Waals surface area contributed by atoms with Crippen molar-refractivity contribution in [3.63, 3.8) is 0 Å². The van der Waals surface area contributed by atoms with E-state index >= 15 is 0 Å². The molecular formula is C14H19BrClNO2. The largest absolute Gasteiger partial charge is 0.481 e. The van der Waals surface area contributed by atoms with E-state index in [1.165, 1.54) is 0 Å². The second-order valence-electron chi connectivity index (χ2n) is 4.64. The van der Waals surface area contributed by atoms with Crippen LogP contribution in [0.3, 0.4) is 0 Å². The van der Waals surface area contributed by atoms with Crippen LogP contribution >= 0.6 is 27.5 Å². The van der Waals surface area contributed by atoms with Gasteiger partial charge in [-0.05, 0) is 37.7 Å². The van der Waals surface area contributed by atoms with Crippen LogP contribution < -0.4 is 0 Å². The summed E-state index contributed by atoms with van der Waals surface area (Å²) < 4.78 is 0.887. The number of halogens is 2. The predicted octanol–water partition coefficient (Wildman–Crippen LogP) is 4.13. The maximum atomic E-state index is 11.2. The van der Waals surface area contributed by atoms with Crippen LogP contribution in [0, 0.1) is 0 Å². The Labute approximate surface area is 127 Å². The lowest BCUT2D eigenvalue weighted by molar-refractivity contribution is -0.140. The van der Waals surface area contributed by atoms with Crippen molar-refractivity contribution in [3.8, 4) is 0 Å². The fourth-order valence-electron chi connectivity index (χ4n) is 2.52. The first-order valence-corrected chi connectivity index (χ1v) is 7.44. The lowest BCUT2D eigenvalue weighted by Crippen LogP contribution is -2.45. The van der Waals surface area contributed by atoms with Gasteiger partial charge in [0.15, 0.2) is 0 Å². The Balaban J connectivity index is 3.33. The fraction of sp³-hybridized carbons (Fsp3) is 0.500. The molecule has 19 heavy (non-hydrogen) atoms. The van der Waals surface area contributed by atoms with Gasteiger partial charge >= 0.3 is 5.97 Å². The quantitative estimate of drug-likeness (QED) is 0.840. The van der Waals surface area contributed by atoms with Crippen molar-refractivity contribution in [2.24, 2.45) is 0 Å². The van der Waals surface area contributed by atoms with Gasteiger partial charge in [0.2, 0.25) is 0 Å². The van der Waals surface area contributed by atoms with Gasteiger partial charge in [0.05, 0.1) is 12.0 Å². The molecule has 106 valence electrons. The van der Waals surface area contributed by atoms with Crippen molar-refractivity contribution in [1.29, 1.82) is 0 Å². The Morgan fingerprint density at radius 3 is 2.42 bits per heavy atom. The highest BCUT2D eigenvalue weighted by atomic mass is 79.9. The number of hydrogen-bond donors (Lipinski definition) is 1. The maximum absolute atomic E-state index is 11.2. The minimum atomic E-state index is -0.826. The van der Waals surface area contributed by atoms with Gasteiger partial charge in [-0.15, -0.1) is 0 Å². The van der Waals surface area contributed by atoms with Gasteiger partial charge in [-0.2, -0.15) is 0 Å². The molecule has 0 aromatic heterocycles. The molecule has 0 saturated carbocycles. The highest BCUT2D eigenvalue weighted by Gasteiger charge is 2.36.